The summed E-state index contributed by atoms with van der Waals surface area (Å²) in [6, 6.07) is 17.2. The molecule has 0 unspecified atom stereocenters. The first-order valence-corrected chi connectivity index (χ1v) is 7.04. The Balaban J connectivity index is 2.31. The Labute approximate surface area is 123 Å². The lowest BCUT2D eigenvalue weighted by molar-refractivity contribution is 0.590. The number of hydrogen-bond acceptors (Lipinski definition) is 3. The molecule has 106 valence electrons. The molecule has 21 heavy (non-hydrogen) atoms. The van der Waals surface area contributed by atoms with Crippen LogP contribution >= 0.6 is 0 Å². The van der Waals surface area contributed by atoms with E-state index in [1.807, 2.05) is 67.4 Å². The van der Waals surface area contributed by atoms with Crippen LogP contribution in [0.4, 0.5) is 5.88 Å². The second kappa shape index (κ2) is 5.44. The number of hydrogen-bond donors (Lipinski definition) is 0. The van der Waals surface area contributed by atoms with Gasteiger partial charge in [-0.05, 0) is 18.6 Å². The number of rotatable bonds is 3. The lowest BCUT2D eigenvalue weighted by Gasteiger charge is -2.16. The summed E-state index contributed by atoms with van der Waals surface area (Å²) in [4.78, 5) is 14.2. The third-order valence-corrected chi connectivity index (χ3v) is 3.68. The van der Waals surface area contributed by atoms with Crippen molar-refractivity contribution in [2.45, 2.75) is 6.92 Å². The summed E-state index contributed by atoms with van der Waals surface area (Å²) in [6.45, 7) is 2.80. The van der Waals surface area contributed by atoms with Gasteiger partial charge in [-0.25, -0.2) is 0 Å². The molecule has 0 amide bonds. The maximum atomic E-state index is 12.3. The van der Waals surface area contributed by atoms with Gasteiger partial charge in [-0.3, -0.25) is 4.79 Å². The van der Waals surface area contributed by atoms with Crippen LogP contribution in [0.15, 0.2) is 63.8 Å². The Kier molecular flexibility index (Phi) is 3.48. The first-order chi connectivity index (χ1) is 10.2. The first kappa shape index (κ1) is 13.4. The maximum absolute atomic E-state index is 12.3. The Morgan fingerprint density at radius 2 is 1.81 bits per heavy atom. The molecule has 0 spiro atoms. The predicted octanol–water partition coefficient (Wildman–Crippen LogP) is 3.92. The van der Waals surface area contributed by atoms with Gasteiger partial charge in [0, 0.05) is 25.2 Å². The molecular formula is C18H17NO2. The van der Waals surface area contributed by atoms with E-state index in [9.17, 15) is 4.79 Å². The van der Waals surface area contributed by atoms with Gasteiger partial charge >= 0.3 is 0 Å². The van der Waals surface area contributed by atoms with Crippen molar-refractivity contribution in [3.8, 4) is 11.1 Å². The van der Waals surface area contributed by atoms with Crippen LogP contribution in [0.5, 0.6) is 0 Å². The minimum Gasteiger partial charge on any atom is -0.440 e. The molecule has 0 fully saturated rings. The molecule has 0 atom stereocenters. The van der Waals surface area contributed by atoms with Gasteiger partial charge in [0.15, 0.2) is 11.3 Å². The van der Waals surface area contributed by atoms with Crippen molar-refractivity contribution in [2.75, 3.05) is 18.5 Å². The van der Waals surface area contributed by atoms with Gasteiger partial charge in [0.2, 0.25) is 0 Å². The number of para-hydroxylation sites is 1. The van der Waals surface area contributed by atoms with E-state index in [0.717, 1.165) is 17.7 Å². The monoisotopic (exact) mass is 279 g/mol. The van der Waals surface area contributed by atoms with Crippen LogP contribution in [0.25, 0.3) is 22.1 Å². The quantitative estimate of drug-likeness (QED) is 0.728. The summed E-state index contributed by atoms with van der Waals surface area (Å²) in [6.07, 6.45) is 0. The van der Waals surface area contributed by atoms with Crippen LogP contribution in [-0.4, -0.2) is 13.6 Å². The van der Waals surface area contributed by atoms with Crippen molar-refractivity contribution in [3.63, 3.8) is 0 Å². The largest absolute Gasteiger partial charge is 0.440 e. The number of fused-ring (bicyclic) bond motifs is 1. The highest BCUT2D eigenvalue weighted by Gasteiger charge is 2.11. The van der Waals surface area contributed by atoms with Crippen molar-refractivity contribution >= 4 is 16.9 Å². The molecule has 1 aromatic heterocycles. The van der Waals surface area contributed by atoms with E-state index in [0.29, 0.717) is 16.9 Å². The van der Waals surface area contributed by atoms with E-state index in [1.54, 1.807) is 6.07 Å². The molecule has 2 aromatic carbocycles. The summed E-state index contributed by atoms with van der Waals surface area (Å²) in [5.41, 5.74) is 2.62. The Morgan fingerprint density at radius 1 is 1.05 bits per heavy atom. The van der Waals surface area contributed by atoms with Gasteiger partial charge < -0.3 is 9.32 Å². The van der Waals surface area contributed by atoms with E-state index in [2.05, 4.69) is 0 Å². The lowest BCUT2D eigenvalue weighted by Crippen LogP contribution is -2.17. The third-order valence-electron chi connectivity index (χ3n) is 3.68. The highest BCUT2D eigenvalue weighted by molar-refractivity contribution is 5.92. The number of benzene rings is 2. The molecule has 3 nitrogen and oxygen atoms in total. The van der Waals surface area contributed by atoms with Crippen molar-refractivity contribution in [1.82, 2.24) is 0 Å². The van der Waals surface area contributed by atoms with Crippen LogP contribution in [0.1, 0.15) is 6.92 Å². The first-order valence-electron chi connectivity index (χ1n) is 7.04. The number of nitrogens with zero attached hydrogens (tertiary/aromatic N) is 1. The molecule has 0 aliphatic heterocycles. The zero-order valence-electron chi connectivity index (χ0n) is 12.2. The van der Waals surface area contributed by atoms with Crippen LogP contribution in [0.3, 0.4) is 0 Å². The highest BCUT2D eigenvalue weighted by Crippen LogP contribution is 2.29. The van der Waals surface area contributed by atoms with Crippen molar-refractivity contribution in [2.24, 2.45) is 0 Å². The zero-order chi connectivity index (χ0) is 14.8. The standard InChI is InChI=1S/C18H17NO2/c1-3-19(2)17-12-16(20)15-11-7-10-14(18(15)21-17)13-8-5-4-6-9-13/h4-12H,3H2,1-2H3. The van der Waals surface area contributed by atoms with Gasteiger partial charge in [0.25, 0.3) is 0 Å². The number of anilines is 1. The smallest absolute Gasteiger partial charge is 0.199 e. The fourth-order valence-electron chi connectivity index (χ4n) is 2.35. The summed E-state index contributed by atoms with van der Waals surface area (Å²) in [5, 5.41) is 0.615. The van der Waals surface area contributed by atoms with Crippen LogP contribution in [-0.2, 0) is 0 Å². The average molecular weight is 279 g/mol. The van der Waals surface area contributed by atoms with Gasteiger partial charge in [-0.15, -0.1) is 0 Å². The maximum Gasteiger partial charge on any atom is 0.199 e. The topological polar surface area (TPSA) is 33.5 Å². The molecule has 3 rings (SSSR count). The molecule has 1 heterocycles. The van der Waals surface area contributed by atoms with E-state index < -0.39 is 0 Å². The van der Waals surface area contributed by atoms with Crippen molar-refractivity contribution < 1.29 is 4.42 Å². The van der Waals surface area contributed by atoms with Crippen molar-refractivity contribution in [1.29, 1.82) is 0 Å². The second-order valence-electron chi connectivity index (χ2n) is 5.01. The molecule has 0 N–H and O–H groups in total. The predicted molar refractivity (Wildman–Crippen MR) is 86.9 cm³/mol. The van der Waals surface area contributed by atoms with Crippen LogP contribution in [0, 0.1) is 0 Å². The minimum absolute atomic E-state index is 0.00988. The molecule has 0 radical (unpaired) electrons. The highest BCUT2D eigenvalue weighted by atomic mass is 16.4. The van der Waals surface area contributed by atoms with Gasteiger partial charge in [0.1, 0.15) is 5.58 Å². The van der Waals surface area contributed by atoms with Gasteiger partial charge in [-0.2, -0.15) is 0 Å². The molecule has 0 bridgehead atoms. The van der Waals surface area contributed by atoms with Crippen LogP contribution in [0.2, 0.25) is 0 Å². The van der Waals surface area contributed by atoms with Crippen molar-refractivity contribution in [3.05, 3.63) is 64.8 Å². The SMILES string of the molecule is CCN(C)c1cc(=O)c2cccc(-c3ccccc3)c2o1. The Bertz CT molecular complexity index is 821. The molecule has 0 saturated heterocycles. The molecule has 3 aromatic rings. The fourth-order valence-corrected chi connectivity index (χ4v) is 2.35. The molecule has 3 heteroatoms. The second-order valence-corrected chi connectivity index (χ2v) is 5.01. The normalized spacial score (nSPS) is 10.8. The lowest BCUT2D eigenvalue weighted by atomic mass is 10.0. The Hall–Kier alpha value is -2.55. The average Bonchev–Trinajstić information content (AvgIpc) is 2.54. The third kappa shape index (κ3) is 2.42. The van der Waals surface area contributed by atoms with Gasteiger partial charge in [0.05, 0.1) is 5.39 Å². The molecule has 0 saturated carbocycles. The fraction of sp³-hybridized carbons (Fsp3) is 0.167. The van der Waals surface area contributed by atoms with E-state index in [1.165, 1.54) is 0 Å². The van der Waals surface area contributed by atoms with E-state index >= 15 is 0 Å². The summed E-state index contributed by atoms with van der Waals surface area (Å²) in [7, 11) is 1.91. The molecular weight excluding hydrogens is 262 g/mol. The minimum atomic E-state index is -0.00988. The zero-order valence-corrected chi connectivity index (χ0v) is 12.2. The molecule has 0 aliphatic carbocycles. The summed E-state index contributed by atoms with van der Waals surface area (Å²) >= 11 is 0. The van der Waals surface area contributed by atoms with Crippen LogP contribution < -0.4 is 10.3 Å². The van der Waals surface area contributed by atoms with E-state index in [-0.39, 0.29) is 5.43 Å². The summed E-state index contributed by atoms with van der Waals surface area (Å²) in [5.74, 6) is 0.596. The molecule has 0 aliphatic rings. The Morgan fingerprint density at radius 3 is 2.52 bits per heavy atom. The van der Waals surface area contributed by atoms with E-state index in [4.69, 9.17) is 4.42 Å². The summed E-state index contributed by atoms with van der Waals surface area (Å²) < 4.78 is 6.01. The van der Waals surface area contributed by atoms with Gasteiger partial charge in [-0.1, -0.05) is 42.5 Å².